The van der Waals surface area contributed by atoms with Gasteiger partial charge in [-0.05, 0) is 37.6 Å². The summed E-state index contributed by atoms with van der Waals surface area (Å²) in [7, 11) is 0. The van der Waals surface area contributed by atoms with E-state index in [0.717, 1.165) is 6.42 Å². The molecule has 0 radical (unpaired) electrons. The van der Waals surface area contributed by atoms with Crippen LogP contribution in [0.15, 0.2) is 24.3 Å². The van der Waals surface area contributed by atoms with Gasteiger partial charge in [0, 0.05) is 43.3 Å². The van der Waals surface area contributed by atoms with Gasteiger partial charge in [-0.2, -0.15) is 0 Å². The van der Waals surface area contributed by atoms with Crippen LogP contribution in [-0.2, 0) is 4.79 Å². The van der Waals surface area contributed by atoms with E-state index in [0.29, 0.717) is 43.3 Å². The summed E-state index contributed by atoms with van der Waals surface area (Å²) in [5.74, 6) is 0.0775. The fourth-order valence-corrected chi connectivity index (χ4v) is 2.78. The first-order chi connectivity index (χ1) is 11.0. The average molecular weight is 338 g/mol. The second kappa shape index (κ2) is 8.31. The van der Waals surface area contributed by atoms with Crippen molar-refractivity contribution in [2.75, 3.05) is 32.7 Å². The van der Waals surface area contributed by atoms with E-state index >= 15 is 0 Å². The first-order valence-corrected chi connectivity index (χ1v) is 8.47. The Bertz CT molecular complexity index is 539. The minimum Gasteiger partial charge on any atom is -0.355 e. The zero-order valence-electron chi connectivity index (χ0n) is 13.7. The molecule has 0 aromatic heterocycles. The number of rotatable bonds is 5. The van der Waals surface area contributed by atoms with Crippen LogP contribution in [-0.4, -0.2) is 60.4 Å². The highest BCUT2D eigenvalue weighted by atomic mass is 35.5. The molecule has 6 heteroatoms. The minimum absolute atomic E-state index is 0.0180. The first-order valence-electron chi connectivity index (χ1n) is 8.09. The molecule has 1 fully saturated rings. The van der Waals surface area contributed by atoms with Crippen LogP contribution < -0.4 is 5.32 Å². The maximum Gasteiger partial charge on any atom is 0.253 e. The molecule has 0 saturated carbocycles. The lowest BCUT2D eigenvalue weighted by atomic mass is 10.1. The van der Waals surface area contributed by atoms with Gasteiger partial charge < -0.3 is 10.2 Å². The molecule has 1 N–H and O–H groups in total. The van der Waals surface area contributed by atoms with E-state index in [1.165, 1.54) is 0 Å². The fraction of sp³-hybridized carbons (Fsp3) is 0.529. The summed E-state index contributed by atoms with van der Waals surface area (Å²) in [4.78, 5) is 28.4. The highest BCUT2D eigenvalue weighted by molar-refractivity contribution is 6.30. The van der Waals surface area contributed by atoms with Gasteiger partial charge in [0.1, 0.15) is 0 Å². The summed E-state index contributed by atoms with van der Waals surface area (Å²) in [5.41, 5.74) is 0.650. The molecular weight excluding hydrogens is 314 g/mol. The van der Waals surface area contributed by atoms with Crippen molar-refractivity contribution >= 4 is 23.4 Å². The Morgan fingerprint density at radius 1 is 1.17 bits per heavy atom. The largest absolute Gasteiger partial charge is 0.355 e. The Balaban J connectivity index is 1.87. The second-order valence-electron chi connectivity index (χ2n) is 5.80. The van der Waals surface area contributed by atoms with E-state index in [2.05, 4.69) is 10.2 Å². The number of halogens is 1. The number of piperazine rings is 1. The van der Waals surface area contributed by atoms with Gasteiger partial charge in [0.25, 0.3) is 5.91 Å². The van der Waals surface area contributed by atoms with Crippen molar-refractivity contribution in [3.63, 3.8) is 0 Å². The number of nitrogens with one attached hydrogen (secondary N) is 1. The predicted octanol–water partition coefficient (Wildman–Crippen LogP) is 2.01. The number of hydrogen-bond acceptors (Lipinski definition) is 3. The number of carbonyl (C=O) groups is 2. The third-order valence-electron chi connectivity index (χ3n) is 4.17. The molecule has 0 spiro atoms. The molecule has 1 aromatic rings. The SMILES string of the molecule is CCCNC(=O)C(C)N1CCN(C(=O)c2ccc(Cl)cc2)CC1. The Hall–Kier alpha value is -1.59. The van der Waals surface area contributed by atoms with Gasteiger partial charge in [0.15, 0.2) is 0 Å². The molecule has 1 aliphatic heterocycles. The van der Waals surface area contributed by atoms with E-state index < -0.39 is 0 Å². The van der Waals surface area contributed by atoms with Crippen LogP contribution in [0.5, 0.6) is 0 Å². The molecule has 0 bridgehead atoms. The van der Waals surface area contributed by atoms with Crippen LogP contribution in [0.2, 0.25) is 5.02 Å². The van der Waals surface area contributed by atoms with Gasteiger partial charge in [-0.15, -0.1) is 0 Å². The van der Waals surface area contributed by atoms with Crippen molar-refractivity contribution in [2.45, 2.75) is 26.3 Å². The molecule has 0 aliphatic carbocycles. The Morgan fingerprint density at radius 3 is 2.35 bits per heavy atom. The zero-order chi connectivity index (χ0) is 16.8. The number of benzene rings is 1. The van der Waals surface area contributed by atoms with Gasteiger partial charge in [-0.25, -0.2) is 0 Å². The van der Waals surface area contributed by atoms with Crippen molar-refractivity contribution in [1.82, 2.24) is 15.1 Å². The third-order valence-corrected chi connectivity index (χ3v) is 4.42. The maximum absolute atomic E-state index is 12.4. The fourth-order valence-electron chi connectivity index (χ4n) is 2.65. The standard InChI is InChI=1S/C17H24ClN3O2/c1-3-8-19-16(22)13(2)20-9-11-21(12-10-20)17(23)14-4-6-15(18)7-5-14/h4-7,13H,3,8-12H2,1-2H3,(H,19,22). The van der Waals surface area contributed by atoms with Gasteiger partial charge >= 0.3 is 0 Å². The smallest absolute Gasteiger partial charge is 0.253 e. The van der Waals surface area contributed by atoms with Crippen LogP contribution in [0.1, 0.15) is 30.6 Å². The molecule has 1 saturated heterocycles. The van der Waals surface area contributed by atoms with Crippen molar-refractivity contribution in [3.05, 3.63) is 34.9 Å². The first kappa shape index (κ1) is 17.8. The summed E-state index contributed by atoms with van der Waals surface area (Å²) in [6.07, 6.45) is 0.932. The van der Waals surface area contributed by atoms with Crippen molar-refractivity contribution < 1.29 is 9.59 Å². The van der Waals surface area contributed by atoms with Crippen LogP contribution in [0, 0.1) is 0 Å². The predicted molar refractivity (Wildman–Crippen MR) is 91.7 cm³/mol. The summed E-state index contributed by atoms with van der Waals surface area (Å²) in [6.45, 7) is 7.34. The van der Waals surface area contributed by atoms with E-state index in [9.17, 15) is 9.59 Å². The quantitative estimate of drug-likeness (QED) is 0.894. The summed E-state index contributed by atoms with van der Waals surface area (Å²) >= 11 is 5.85. The Kier molecular flexibility index (Phi) is 6.42. The van der Waals surface area contributed by atoms with Crippen LogP contribution in [0.25, 0.3) is 0 Å². The van der Waals surface area contributed by atoms with Gasteiger partial charge in [-0.3, -0.25) is 14.5 Å². The molecular formula is C17H24ClN3O2. The van der Waals surface area contributed by atoms with Gasteiger partial charge in [0.05, 0.1) is 6.04 Å². The van der Waals surface area contributed by atoms with Crippen LogP contribution in [0.3, 0.4) is 0 Å². The summed E-state index contributed by atoms with van der Waals surface area (Å²) in [5, 5.41) is 3.54. The lowest BCUT2D eigenvalue weighted by Crippen LogP contribution is -2.55. The normalized spacial score (nSPS) is 16.9. The molecule has 2 amide bonds. The molecule has 1 heterocycles. The Labute approximate surface area is 142 Å². The number of nitrogens with zero attached hydrogens (tertiary/aromatic N) is 2. The number of hydrogen-bond donors (Lipinski definition) is 1. The average Bonchev–Trinajstić information content (AvgIpc) is 2.59. The monoisotopic (exact) mass is 337 g/mol. The topological polar surface area (TPSA) is 52.7 Å². The Morgan fingerprint density at radius 2 is 1.78 bits per heavy atom. The van der Waals surface area contributed by atoms with Gasteiger partial charge in [0.2, 0.25) is 5.91 Å². The van der Waals surface area contributed by atoms with E-state index in [1.54, 1.807) is 24.3 Å². The summed E-state index contributed by atoms with van der Waals surface area (Å²) in [6, 6.07) is 6.79. The second-order valence-corrected chi connectivity index (χ2v) is 6.24. The number of carbonyl (C=O) groups excluding carboxylic acids is 2. The molecule has 23 heavy (non-hydrogen) atoms. The van der Waals surface area contributed by atoms with Crippen molar-refractivity contribution in [1.29, 1.82) is 0 Å². The van der Waals surface area contributed by atoms with E-state index in [-0.39, 0.29) is 17.9 Å². The highest BCUT2D eigenvalue weighted by Gasteiger charge is 2.27. The highest BCUT2D eigenvalue weighted by Crippen LogP contribution is 2.14. The van der Waals surface area contributed by atoms with Crippen molar-refractivity contribution in [3.8, 4) is 0 Å². The minimum atomic E-state index is -0.158. The lowest BCUT2D eigenvalue weighted by Gasteiger charge is -2.37. The molecule has 1 atom stereocenters. The molecule has 1 unspecified atom stereocenters. The van der Waals surface area contributed by atoms with Gasteiger partial charge in [-0.1, -0.05) is 18.5 Å². The lowest BCUT2D eigenvalue weighted by molar-refractivity contribution is -0.126. The van der Waals surface area contributed by atoms with E-state index in [4.69, 9.17) is 11.6 Å². The number of amides is 2. The summed E-state index contributed by atoms with van der Waals surface area (Å²) < 4.78 is 0. The molecule has 2 rings (SSSR count). The maximum atomic E-state index is 12.4. The molecule has 5 nitrogen and oxygen atoms in total. The zero-order valence-corrected chi connectivity index (χ0v) is 14.5. The third kappa shape index (κ3) is 4.69. The molecule has 1 aromatic carbocycles. The van der Waals surface area contributed by atoms with Crippen LogP contribution in [0.4, 0.5) is 0 Å². The molecule has 126 valence electrons. The van der Waals surface area contributed by atoms with Crippen molar-refractivity contribution in [2.24, 2.45) is 0 Å². The van der Waals surface area contributed by atoms with Crippen LogP contribution >= 0.6 is 11.6 Å². The molecule has 1 aliphatic rings. The van der Waals surface area contributed by atoms with E-state index in [1.807, 2.05) is 18.7 Å².